The highest BCUT2D eigenvalue weighted by Crippen LogP contribution is 2.27. The molecule has 1 aliphatic heterocycles. The summed E-state index contributed by atoms with van der Waals surface area (Å²) < 4.78 is 21.2. The molecular weight excluding hydrogens is 541 g/mol. The van der Waals surface area contributed by atoms with E-state index in [1.807, 2.05) is 37.3 Å². The summed E-state index contributed by atoms with van der Waals surface area (Å²) in [5.41, 5.74) is 6.11. The highest BCUT2D eigenvalue weighted by molar-refractivity contribution is 8.24. The van der Waals surface area contributed by atoms with Gasteiger partial charge in [0.05, 0.1) is 11.1 Å². The number of nitrogens with one attached hydrogen (secondary N) is 2. The van der Waals surface area contributed by atoms with Crippen LogP contribution in [0.5, 0.6) is 5.75 Å². The van der Waals surface area contributed by atoms with Gasteiger partial charge in [0.1, 0.15) is 23.2 Å². The van der Waals surface area contributed by atoms with Crippen molar-refractivity contribution in [2.45, 2.75) is 58.7 Å². The number of fused-ring (bicyclic) bond motifs is 1. The zero-order valence-electron chi connectivity index (χ0n) is 24.0. The fourth-order valence-electron chi connectivity index (χ4n) is 5.35. The van der Waals surface area contributed by atoms with E-state index in [0.29, 0.717) is 23.3 Å². The molecule has 0 radical (unpaired) electrons. The molecule has 2 N–H and O–H groups in total. The number of carbonyl (C=O) groups excluding carboxylic acids is 2. The summed E-state index contributed by atoms with van der Waals surface area (Å²) in [4.78, 5) is 31.5. The van der Waals surface area contributed by atoms with Gasteiger partial charge in [0.25, 0.3) is 5.91 Å². The van der Waals surface area contributed by atoms with E-state index < -0.39 is 11.7 Å². The summed E-state index contributed by atoms with van der Waals surface area (Å²) in [6, 6.07) is 14.2. The van der Waals surface area contributed by atoms with Crippen molar-refractivity contribution in [3.63, 3.8) is 0 Å². The van der Waals surface area contributed by atoms with Crippen LogP contribution in [0.15, 0.2) is 53.6 Å². The fraction of sp³-hybridized carbons (Fsp3) is 0.419. The molecule has 1 aromatic heterocycles. The molecule has 8 nitrogen and oxygen atoms in total. The first kappa shape index (κ1) is 30.5. The van der Waals surface area contributed by atoms with Crippen LogP contribution in [0.25, 0.3) is 10.9 Å². The first-order valence-corrected chi connectivity index (χ1v) is 14.8. The lowest BCUT2D eigenvalue weighted by atomic mass is 9.87. The SMILES string of the molecule is CN/N=C(/CC(NC(=O)c1ccc(OCc2cc(C)nc3ccccc23)cc1F)C1CCN(C(C)C)CC1)SC=O. The Morgan fingerprint density at radius 2 is 1.98 bits per heavy atom. The summed E-state index contributed by atoms with van der Waals surface area (Å²) in [5.74, 6) is -0.648. The first-order valence-electron chi connectivity index (χ1n) is 13.9. The Morgan fingerprint density at radius 1 is 1.22 bits per heavy atom. The molecule has 0 saturated carbocycles. The number of thioether (sulfide) groups is 1. The number of amides is 1. The number of halogens is 1. The number of likely N-dealkylation sites (tertiary alicyclic amines) is 1. The van der Waals surface area contributed by atoms with Gasteiger partial charge in [-0.25, -0.2) is 4.39 Å². The van der Waals surface area contributed by atoms with E-state index in [9.17, 15) is 9.59 Å². The molecule has 41 heavy (non-hydrogen) atoms. The minimum absolute atomic E-state index is 0.0534. The van der Waals surface area contributed by atoms with Crippen molar-refractivity contribution in [3.8, 4) is 5.75 Å². The van der Waals surface area contributed by atoms with Crippen LogP contribution in [-0.4, -0.2) is 58.7 Å². The maximum absolute atomic E-state index is 15.2. The van der Waals surface area contributed by atoms with Crippen molar-refractivity contribution in [1.29, 1.82) is 0 Å². The van der Waals surface area contributed by atoms with Gasteiger partial charge in [0, 0.05) is 48.3 Å². The van der Waals surface area contributed by atoms with Gasteiger partial charge in [-0.3, -0.25) is 14.6 Å². The van der Waals surface area contributed by atoms with Gasteiger partial charge in [-0.15, -0.1) is 0 Å². The van der Waals surface area contributed by atoms with Gasteiger partial charge < -0.3 is 20.4 Å². The zero-order valence-corrected chi connectivity index (χ0v) is 24.8. The zero-order chi connectivity index (χ0) is 29.4. The summed E-state index contributed by atoms with van der Waals surface area (Å²) >= 11 is 0.982. The third-order valence-electron chi connectivity index (χ3n) is 7.51. The van der Waals surface area contributed by atoms with Gasteiger partial charge in [-0.2, -0.15) is 5.10 Å². The summed E-state index contributed by atoms with van der Waals surface area (Å²) in [5, 5.41) is 8.82. The van der Waals surface area contributed by atoms with Crippen LogP contribution in [0.1, 0.15) is 54.7 Å². The highest BCUT2D eigenvalue weighted by Gasteiger charge is 2.30. The molecule has 1 aliphatic rings. The molecule has 2 heterocycles. The van der Waals surface area contributed by atoms with Gasteiger partial charge in [0.15, 0.2) is 5.62 Å². The van der Waals surface area contributed by atoms with Crippen LogP contribution in [0.2, 0.25) is 0 Å². The predicted molar refractivity (Wildman–Crippen MR) is 163 cm³/mol. The molecule has 218 valence electrons. The highest BCUT2D eigenvalue weighted by atomic mass is 32.2. The van der Waals surface area contributed by atoms with E-state index in [2.05, 4.69) is 39.6 Å². The molecule has 4 rings (SSSR count). The van der Waals surface area contributed by atoms with E-state index in [0.717, 1.165) is 65.5 Å². The number of pyridine rings is 1. The molecular formula is C31H38FN5O3S. The monoisotopic (exact) mass is 579 g/mol. The summed E-state index contributed by atoms with van der Waals surface area (Å²) in [6.07, 6.45) is 2.16. The number of aryl methyl sites for hydroxylation is 1. The second kappa shape index (κ2) is 14.4. The van der Waals surface area contributed by atoms with Crippen molar-refractivity contribution < 1.29 is 18.7 Å². The first-order chi connectivity index (χ1) is 19.8. The number of rotatable bonds is 11. The van der Waals surface area contributed by atoms with Gasteiger partial charge in [-0.1, -0.05) is 18.2 Å². The Hall–Kier alpha value is -3.50. The Balaban J connectivity index is 1.47. The molecule has 1 amide bonds. The van der Waals surface area contributed by atoms with Crippen molar-refractivity contribution in [2.24, 2.45) is 11.0 Å². The largest absolute Gasteiger partial charge is 0.489 e. The maximum atomic E-state index is 15.2. The number of para-hydroxylation sites is 1. The quantitative estimate of drug-likeness (QED) is 0.137. The van der Waals surface area contributed by atoms with E-state index in [1.165, 1.54) is 12.1 Å². The smallest absolute Gasteiger partial charge is 0.254 e. The van der Waals surface area contributed by atoms with E-state index in [1.54, 1.807) is 13.1 Å². The van der Waals surface area contributed by atoms with Gasteiger partial charge >= 0.3 is 0 Å². The second-order valence-corrected chi connectivity index (χ2v) is 11.5. The average Bonchev–Trinajstić information content (AvgIpc) is 2.95. The third kappa shape index (κ3) is 8.04. The minimum atomic E-state index is -0.657. The van der Waals surface area contributed by atoms with Crippen molar-refractivity contribution in [3.05, 3.63) is 71.2 Å². The number of benzene rings is 2. The van der Waals surface area contributed by atoms with Crippen LogP contribution in [0.4, 0.5) is 4.39 Å². The molecule has 0 aliphatic carbocycles. The number of hydrogen-bond donors (Lipinski definition) is 2. The lowest BCUT2D eigenvalue weighted by Crippen LogP contribution is -2.47. The lowest BCUT2D eigenvalue weighted by Gasteiger charge is -2.38. The molecule has 0 bridgehead atoms. The van der Waals surface area contributed by atoms with E-state index in [-0.39, 0.29) is 24.1 Å². The number of ether oxygens (including phenoxy) is 1. The van der Waals surface area contributed by atoms with Crippen molar-refractivity contribution in [2.75, 3.05) is 20.1 Å². The van der Waals surface area contributed by atoms with Crippen LogP contribution in [0, 0.1) is 18.7 Å². The number of nitrogens with zero attached hydrogens (tertiary/aromatic N) is 3. The Kier molecular flexibility index (Phi) is 10.7. The van der Waals surface area contributed by atoms with Gasteiger partial charge in [0.2, 0.25) is 0 Å². The Morgan fingerprint density at radius 3 is 2.66 bits per heavy atom. The van der Waals surface area contributed by atoms with Crippen molar-refractivity contribution >= 4 is 39.2 Å². The summed E-state index contributed by atoms with van der Waals surface area (Å²) in [7, 11) is 1.66. The molecule has 10 heteroatoms. The van der Waals surface area contributed by atoms with E-state index in [4.69, 9.17) is 4.74 Å². The lowest BCUT2D eigenvalue weighted by molar-refractivity contribution is 0.0878. The minimum Gasteiger partial charge on any atom is -0.489 e. The molecule has 1 unspecified atom stereocenters. The van der Waals surface area contributed by atoms with Crippen LogP contribution in [0.3, 0.4) is 0 Å². The summed E-state index contributed by atoms with van der Waals surface area (Å²) in [6.45, 7) is 8.35. The van der Waals surface area contributed by atoms with Crippen LogP contribution in [-0.2, 0) is 11.4 Å². The molecule has 1 atom stereocenters. The van der Waals surface area contributed by atoms with Crippen molar-refractivity contribution in [1.82, 2.24) is 20.6 Å². The maximum Gasteiger partial charge on any atom is 0.254 e. The van der Waals surface area contributed by atoms with Crippen LogP contribution < -0.4 is 15.5 Å². The Labute approximate surface area is 245 Å². The Bertz CT molecular complexity index is 1390. The molecule has 3 aromatic rings. The number of hydrazone groups is 1. The molecule has 2 aromatic carbocycles. The standard InChI is InChI=1S/C31H38FN5O3S/c1-20(2)37-13-11-22(12-14-37)29(17-30(36-33-4)41-19-38)35-31(39)26-10-9-24(16-27(26)32)40-18-23-15-21(3)34-28-8-6-5-7-25(23)28/h5-10,15-16,19-20,22,29,33H,11-14,17-18H2,1-4H3,(H,35,39)/b36-30-. The van der Waals surface area contributed by atoms with E-state index >= 15 is 4.39 Å². The third-order valence-corrected chi connectivity index (χ3v) is 8.14. The number of piperidine rings is 1. The molecule has 1 saturated heterocycles. The second-order valence-electron chi connectivity index (χ2n) is 10.6. The number of carbonyl (C=O) groups is 2. The number of hydrogen-bond acceptors (Lipinski definition) is 8. The molecule has 0 spiro atoms. The average molecular weight is 580 g/mol. The topological polar surface area (TPSA) is 95.9 Å². The van der Waals surface area contributed by atoms with Crippen LogP contribution >= 0.6 is 11.8 Å². The van der Waals surface area contributed by atoms with Gasteiger partial charge in [-0.05, 0) is 88.6 Å². The molecule has 1 fully saturated rings. The fourth-order valence-corrected chi connectivity index (χ4v) is 5.88. The number of aromatic nitrogens is 1. The predicted octanol–water partition coefficient (Wildman–Crippen LogP) is 5.33. The normalized spacial score (nSPS) is 15.6.